The van der Waals surface area contributed by atoms with Gasteiger partial charge in [0.05, 0.1) is 18.1 Å². The second kappa shape index (κ2) is 5.40. The SMILES string of the molecule is C=CC[C@]12SC([C@H]3CCCO3)=C(C(=O)O)N1C(=O)[C@@H]2[C@@H](C)O. The van der Waals surface area contributed by atoms with Gasteiger partial charge in [-0.15, -0.1) is 6.58 Å². The number of rotatable bonds is 5. The van der Waals surface area contributed by atoms with E-state index in [9.17, 15) is 19.8 Å². The van der Waals surface area contributed by atoms with E-state index in [-0.39, 0.29) is 17.7 Å². The number of aliphatic carboxylic acids is 1. The van der Waals surface area contributed by atoms with Gasteiger partial charge in [-0.2, -0.15) is 0 Å². The zero-order chi connectivity index (χ0) is 16.1. The van der Waals surface area contributed by atoms with Crippen molar-refractivity contribution < 1.29 is 24.5 Å². The molecule has 3 rings (SSSR count). The number of hydrogen-bond donors (Lipinski definition) is 2. The summed E-state index contributed by atoms with van der Waals surface area (Å²) in [5.41, 5.74) is 0.0145. The lowest BCUT2D eigenvalue weighted by molar-refractivity contribution is -0.166. The number of nitrogens with zero attached hydrogens (tertiary/aromatic N) is 1. The molecule has 6 nitrogen and oxygen atoms in total. The van der Waals surface area contributed by atoms with Gasteiger partial charge in [-0.1, -0.05) is 17.8 Å². The zero-order valence-electron chi connectivity index (χ0n) is 12.3. The van der Waals surface area contributed by atoms with E-state index in [4.69, 9.17) is 4.74 Å². The Kier molecular flexibility index (Phi) is 3.82. The summed E-state index contributed by atoms with van der Waals surface area (Å²) in [6, 6.07) is 0. The average molecular weight is 325 g/mol. The maximum Gasteiger partial charge on any atom is 0.353 e. The molecule has 3 aliphatic heterocycles. The number of ether oxygens (including phenoxy) is 1. The van der Waals surface area contributed by atoms with Crippen LogP contribution in [0.4, 0.5) is 0 Å². The molecule has 22 heavy (non-hydrogen) atoms. The first-order valence-electron chi connectivity index (χ1n) is 7.35. The lowest BCUT2D eigenvalue weighted by atomic mass is 9.80. The molecule has 7 heteroatoms. The average Bonchev–Trinajstić information content (AvgIpc) is 3.02. The van der Waals surface area contributed by atoms with Crippen molar-refractivity contribution in [1.82, 2.24) is 4.90 Å². The molecular weight excluding hydrogens is 306 g/mol. The van der Waals surface area contributed by atoms with Gasteiger partial charge in [-0.05, 0) is 26.2 Å². The van der Waals surface area contributed by atoms with E-state index in [0.717, 1.165) is 12.8 Å². The largest absolute Gasteiger partial charge is 0.477 e. The van der Waals surface area contributed by atoms with Gasteiger partial charge in [0.1, 0.15) is 10.6 Å². The fourth-order valence-corrected chi connectivity index (χ4v) is 5.47. The fourth-order valence-electron chi connectivity index (χ4n) is 3.60. The summed E-state index contributed by atoms with van der Waals surface area (Å²) in [7, 11) is 0. The third-order valence-electron chi connectivity index (χ3n) is 4.44. The number of amides is 1. The maximum atomic E-state index is 12.4. The minimum Gasteiger partial charge on any atom is -0.477 e. The minimum absolute atomic E-state index is 0.0145. The molecule has 2 fully saturated rings. The molecule has 120 valence electrons. The van der Waals surface area contributed by atoms with Gasteiger partial charge < -0.3 is 14.9 Å². The topological polar surface area (TPSA) is 87.1 Å². The third kappa shape index (κ3) is 1.96. The fraction of sp³-hybridized carbons (Fsp3) is 0.600. The Labute approximate surface area is 132 Å². The lowest BCUT2D eigenvalue weighted by Gasteiger charge is -2.54. The molecule has 0 aromatic heterocycles. The highest BCUT2D eigenvalue weighted by atomic mass is 32.2. The third-order valence-corrected chi connectivity index (χ3v) is 6.07. The number of aliphatic hydroxyl groups excluding tert-OH is 1. The molecule has 4 atom stereocenters. The standard InChI is InChI=1S/C15H19NO5S/c1-3-6-15-10(8(2)17)13(18)16(15)11(14(19)20)12(22-15)9-5-4-7-21-9/h3,8-10,17H,1,4-7H2,2H3,(H,19,20)/t8-,9-,10+,15-/m1/s1. The van der Waals surface area contributed by atoms with Crippen LogP contribution in [0.3, 0.4) is 0 Å². The van der Waals surface area contributed by atoms with Crippen LogP contribution in [0.2, 0.25) is 0 Å². The van der Waals surface area contributed by atoms with Crippen molar-refractivity contribution in [3.63, 3.8) is 0 Å². The van der Waals surface area contributed by atoms with E-state index >= 15 is 0 Å². The van der Waals surface area contributed by atoms with Crippen molar-refractivity contribution in [2.24, 2.45) is 5.92 Å². The molecule has 0 bridgehead atoms. The smallest absolute Gasteiger partial charge is 0.353 e. The van der Waals surface area contributed by atoms with Gasteiger partial charge >= 0.3 is 5.97 Å². The second-order valence-electron chi connectivity index (χ2n) is 5.85. The molecule has 0 aliphatic carbocycles. The molecule has 2 N–H and O–H groups in total. The normalized spacial score (nSPS) is 35.4. The van der Waals surface area contributed by atoms with Crippen molar-refractivity contribution in [1.29, 1.82) is 0 Å². The zero-order valence-corrected chi connectivity index (χ0v) is 13.1. The number of carbonyl (C=O) groups is 2. The summed E-state index contributed by atoms with van der Waals surface area (Å²) in [5.74, 6) is -2.08. The molecule has 0 saturated carbocycles. The van der Waals surface area contributed by atoms with Crippen LogP contribution in [0.5, 0.6) is 0 Å². The lowest BCUT2D eigenvalue weighted by Crippen LogP contribution is -2.69. The van der Waals surface area contributed by atoms with Crippen LogP contribution in [0.15, 0.2) is 23.3 Å². The van der Waals surface area contributed by atoms with E-state index in [1.54, 1.807) is 13.0 Å². The highest BCUT2D eigenvalue weighted by Gasteiger charge is 2.68. The van der Waals surface area contributed by atoms with E-state index in [0.29, 0.717) is 17.9 Å². The predicted molar refractivity (Wildman–Crippen MR) is 80.8 cm³/mol. The highest BCUT2D eigenvalue weighted by Crippen LogP contribution is 2.62. The van der Waals surface area contributed by atoms with Gasteiger partial charge in [0.2, 0.25) is 5.91 Å². The Hall–Kier alpha value is -1.31. The van der Waals surface area contributed by atoms with Crippen molar-refractivity contribution >= 4 is 23.6 Å². The quantitative estimate of drug-likeness (QED) is 0.585. The molecular formula is C15H19NO5S. The summed E-state index contributed by atoms with van der Waals surface area (Å²) in [6.07, 6.45) is 2.61. The van der Waals surface area contributed by atoms with Crippen LogP contribution in [-0.2, 0) is 14.3 Å². The molecule has 0 spiro atoms. The van der Waals surface area contributed by atoms with E-state index in [1.807, 2.05) is 0 Å². The van der Waals surface area contributed by atoms with E-state index < -0.39 is 22.9 Å². The summed E-state index contributed by atoms with van der Waals surface area (Å²) in [5, 5.41) is 19.5. The molecule has 0 aromatic rings. The summed E-state index contributed by atoms with van der Waals surface area (Å²) in [6.45, 7) is 5.89. The van der Waals surface area contributed by atoms with Crippen molar-refractivity contribution in [2.45, 2.75) is 43.3 Å². The Morgan fingerprint density at radius 1 is 1.68 bits per heavy atom. The summed E-state index contributed by atoms with van der Waals surface area (Å²) >= 11 is 1.35. The number of carboxylic acids is 1. The van der Waals surface area contributed by atoms with Crippen molar-refractivity contribution in [2.75, 3.05) is 6.61 Å². The Bertz CT molecular complexity index is 566. The van der Waals surface area contributed by atoms with Crippen molar-refractivity contribution in [3.05, 3.63) is 23.3 Å². The molecule has 0 radical (unpaired) electrons. The Morgan fingerprint density at radius 3 is 2.91 bits per heavy atom. The first kappa shape index (κ1) is 15.6. The number of carboxylic acid groups (broad SMARTS) is 1. The molecule has 0 unspecified atom stereocenters. The van der Waals surface area contributed by atoms with Gasteiger partial charge in [0.25, 0.3) is 0 Å². The molecule has 3 aliphatic rings. The first-order chi connectivity index (χ1) is 10.4. The second-order valence-corrected chi connectivity index (χ2v) is 7.20. The van der Waals surface area contributed by atoms with Crippen molar-refractivity contribution in [3.8, 4) is 0 Å². The van der Waals surface area contributed by atoms with E-state index in [2.05, 4.69) is 6.58 Å². The maximum absolute atomic E-state index is 12.4. The van der Waals surface area contributed by atoms with Crippen LogP contribution < -0.4 is 0 Å². The number of β-lactam (4-membered cyclic amide) rings is 1. The van der Waals surface area contributed by atoms with Crippen LogP contribution in [0, 0.1) is 5.92 Å². The van der Waals surface area contributed by atoms with Crippen LogP contribution in [-0.4, -0.2) is 50.7 Å². The van der Waals surface area contributed by atoms with Gasteiger partial charge in [0, 0.05) is 11.5 Å². The summed E-state index contributed by atoms with van der Waals surface area (Å²) in [4.78, 5) is 25.3. The van der Waals surface area contributed by atoms with Crippen LogP contribution in [0.25, 0.3) is 0 Å². The first-order valence-corrected chi connectivity index (χ1v) is 8.17. The predicted octanol–water partition coefficient (Wildman–Crippen LogP) is 1.32. The number of fused-ring (bicyclic) bond motifs is 1. The Balaban J connectivity index is 2.04. The molecule has 3 heterocycles. The molecule has 1 amide bonds. The monoisotopic (exact) mass is 325 g/mol. The van der Waals surface area contributed by atoms with Crippen LogP contribution in [0.1, 0.15) is 26.2 Å². The van der Waals surface area contributed by atoms with E-state index in [1.165, 1.54) is 16.7 Å². The van der Waals surface area contributed by atoms with Gasteiger partial charge in [-0.25, -0.2) is 4.79 Å². The van der Waals surface area contributed by atoms with Gasteiger partial charge in [0.15, 0.2) is 0 Å². The van der Waals surface area contributed by atoms with Gasteiger partial charge in [-0.3, -0.25) is 9.69 Å². The number of thioether (sulfide) groups is 1. The number of aliphatic hydroxyl groups is 1. The summed E-state index contributed by atoms with van der Waals surface area (Å²) < 4.78 is 5.63. The Morgan fingerprint density at radius 2 is 2.41 bits per heavy atom. The minimum atomic E-state index is -1.12. The molecule has 0 aromatic carbocycles. The number of carbonyl (C=O) groups excluding carboxylic acids is 1. The highest BCUT2D eigenvalue weighted by molar-refractivity contribution is 8.04. The number of hydrogen-bond acceptors (Lipinski definition) is 5. The van der Waals surface area contributed by atoms with Crippen LogP contribution >= 0.6 is 11.8 Å². The molecule has 2 saturated heterocycles.